The molecule has 0 amide bonds. The Hall–Kier alpha value is -0.755. The monoisotopic (exact) mass is 195 g/mol. The zero-order valence-electron chi connectivity index (χ0n) is 7.73. The molecule has 0 aromatic carbocycles. The van der Waals surface area contributed by atoms with Gasteiger partial charge in [-0.15, -0.1) is 0 Å². The third kappa shape index (κ3) is 4.14. The molecule has 0 unspecified atom stereocenters. The highest BCUT2D eigenvalue weighted by atomic mass is 31.2. The second-order valence-corrected chi connectivity index (χ2v) is 6.68. The van der Waals surface area contributed by atoms with Crippen LogP contribution in [0.15, 0.2) is 18.3 Å². The van der Waals surface area contributed by atoms with E-state index in [-0.39, 0.29) is 6.35 Å². The normalized spacial score (nSPS) is 11.2. The van der Waals surface area contributed by atoms with Gasteiger partial charge in [0.2, 0.25) is 5.88 Å². The van der Waals surface area contributed by atoms with Gasteiger partial charge < -0.3 is 9.30 Å². The Morgan fingerprint density at radius 3 is 2.69 bits per heavy atom. The lowest BCUT2D eigenvalue weighted by atomic mass is 9.99. The summed E-state index contributed by atoms with van der Waals surface area (Å²) in [4.78, 5) is 3.91. The first-order chi connectivity index (χ1) is 5.97. The molecular weight excluding hydrogens is 184 g/mol. The van der Waals surface area contributed by atoms with E-state index in [1.165, 1.54) is 6.20 Å². The predicted octanol–water partition coefficient (Wildman–Crippen LogP) is 0.834. The molecule has 0 spiro atoms. The molecule has 3 nitrogen and oxygen atoms in total. The minimum atomic E-state index is -2.14. The molecule has 0 saturated carbocycles. The largest absolute Gasteiger partial charge is 0.470 e. The number of ether oxygens (including phenoxy) is 1. The quantitative estimate of drug-likeness (QED) is 0.529. The Morgan fingerprint density at radius 2 is 2.23 bits per heavy atom. The topological polar surface area (TPSA) is 39.2 Å². The lowest BCUT2D eigenvalue weighted by molar-refractivity contribution is 0.363. The maximum absolute atomic E-state index is 11.3. The molecule has 0 atom stereocenters. The fraction of sp³-hybridized carbons (Fsp3) is 0.375. The van der Waals surface area contributed by atoms with Crippen molar-refractivity contribution in [3.8, 4) is 5.88 Å². The first-order valence-electron chi connectivity index (χ1n) is 3.86. The Bertz CT molecular complexity index is 319. The Kier molecular flexibility index (Phi) is 3.15. The molecule has 2 radical (unpaired) electrons. The van der Waals surface area contributed by atoms with Gasteiger partial charge in [0.1, 0.15) is 21.3 Å². The molecule has 13 heavy (non-hydrogen) atoms. The summed E-state index contributed by atoms with van der Waals surface area (Å²) in [7, 11) is 3.30. The SMILES string of the molecule is [B]c1ccc(OCP(C)(C)=O)nc1. The third-order valence-corrected chi connectivity index (χ3v) is 2.03. The summed E-state index contributed by atoms with van der Waals surface area (Å²) in [5, 5.41) is 0. The van der Waals surface area contributed by atoms with Gasteiger partial charge in [-0.2, -0.15) is 0 Å². The van der Waals surface area contributed by atoms with Crippen LogP contribution in [0.3, 0.4) is 0 Å². The van der Waals surface area contributed by atoms with Crippen LogP contribution in [-0.4, -0.2) is 32.5 Å². The average molecular weight is 195 g/mol. The highest BCUT2D eigenvalue weighted by molar-refractivity contribution is 7.62. The van der Waals surface area contributed by atoms with Crippen molar-refractivity contribution < 1.29 is 9.30 Å². The summed E-state index contributed by atoms with van der Waals surface area (Å²) in [6, 6.07) is 3.35. The van der Waals surface area contributed by atoms with E-state index < -0.39 is 7.14 Å². The van der Waals surface area contributed by atoms with Crippen LogP contribution in [0.1, 0.15) is 0 Å². The van der Waals surface area contributed by atoms with Crippen LogP contribution >= 0.6 is 7.14 Å². The summed E-state index contributed by atoms with van der Waals surface area (Å²) in [5.41, 5.74) is 0.587. The molecule has 1 heterocycles. The fourth-order valence-corrected chi connectivity index (χ4v) is 1.14. The smallest absolute Gasteiger partial charge is 0.213 e. The van der Waals surface area contributed by atoms with Crippen LogP contribution in [0.2, 0.25) is 0 Å². The van der Waals surface area contributed by atoms with E-state index in [9.17, 15) is 4.57 Å². The molecule has 0 bridgehead atoms. The van der Waals surface area contributed by atoms with Gasteiger partial charge in [0.25, 0.3) is 0 Å². The highest BCUT2D eigenvalue weighted by Gasteiger charge is 2.07. The van der Waals surface area contributed by atoms with Crippen molar-refractivity contribution in [3.05, 3.63) is 18.3 Å². The molecule has 0 saturated heterocycles. The summed E-state index contributed by atoms with van der Waals surface area (Å²) >= 11 is 0. The first-order valence-corrected chi connectivity index (χ1v) is 6.64. The highest BCUT2D eigenvalue weighted by Crippen LogP contribution is 2.35. The lowest BCUT2D eigenvalue weighted by Gasteiger charge is -2.08. The maximum atomic E-state index is 11.3. The molecule has 0 aliphatic rings. The molecule has 1 aromatic heterocycles. The lowest BCUT2D eigenvalue weighted by Crippen LogP contribution is -2.04. The number of hydrogen-bond acceptors (Lipinski definition) is 3. The van der Waals surface area contributed by atoms with E-state index in [1.807, 2.05) is 0 Å². The van der Waals surface area contributed by atoms with Gasteiger partial charge in [-0.1, -0.05) is 11.5 Å². The molecule has 5 heteroatoms. The summed E-state index contributed by atoms with van der Waals surface area (Å²) in [6.07, 6.45) is 1.72. The zero-order chi connectivity index (χ0) is 9.90. The molecule has 68 valence electrons. The van der Waals surface area contributed by atoms with Crippen molar-refractivity contribution in [1.29, 1.82) is 0 Å². The second kappa shape index (κ2) is 3.97. The molecule has 1 aromatic rings. The second-order valence-electron chi connectivity index (χ2n) is 3.28. The Labute approximate surface area is 79.3 Å². The molecule has 0 aliphatic carbocycles. The van der Waals surface area contributed by atoms with E-state index >= 15 is 0 Å². The van der Waals surface area contributed by atoms with E-state index in [0.717, 1.165) is 0 Å². The Balaban J connectivity index is 2.56. The molecule has 0 N–H and O–H groups in total. The van der Waals surface area contributed by atoms with Gasteiger partial charge in [0.15, 0.2) is 0 Å². The van der Waals surface area contributed by atoms with Crippen LogP contribution in [-0.2, 0) is 4.57 Å². The number of pyridine rings is 1. The van der Waals surface area contributed by atoms with Crippen LogP contribution in [0.25, 0.3) is 0 Å². The molecule has 1 rings (SSSR count). The van der Waals surface area contributed by atoms with Crippen LogP contribution in [0.4, 0.5) is 0 Å². The summed E-state index contributed by atoms with van der Waals surface area (Å²) in [5.74, 6) is 0.457. The molecular formula is C8H11BNO2P. The summed E-state index contributed by atoms with van der Waals surface area (Å²) in [6.45, 7) is 3.34. The van der Waals surface area contributed by atoms with E-state index in [1.54, 1.807) is 25.5 Å². The molecule has 0 aliphatic heterocycles. The van der Waals surface area contributed by atoms with Crippen LogP contribution < -0.4 is 10.2 Å². The minimum Gasteiger partial charge on any atom is -0.470 e. The van der Waals surface area contributed by atoms with Gasteiger partial charge in [0, 0.05) is 6.20 Å². The Morgan fingerprint density at radius 1 is 1.54 bits per heavy atom. The van der Waals surface area contributed by atoms with Gasteiger partial charge in [0.05, 0.1) is 0 Å². The number of nitrogens with zero attached hydrogens (tertiary/aromatic N) is 1. The van der Waals surface area contributed by atoms with Crippen molar-refractivity contribution in [2.45, 2.75) is 0 Å². The van der Waals surface area contributed by atoms with Crippen molar-refractivity contribution >= 4 is 20.5 Å². The van der Waals surface area contributed by atoms with Crippen LogP contribution in [0, 0.1) is 0 Å². The van der Waals surface area contributed by atoms with Crippen molar-refractivity contribution in [3.63, 3.8) is 0 Å². The van der Waals surface area contributed by atoms with Crippen molar-refractivity contribution in [2.24, 2.45) is 0 Å². The minimum absolute atomic E-state index is 0.212. The third-order valence-electron chi connectivity index (χ3n) is 1.28. The zero-order valence-corrected chi connectivity index (χ0v) is 8.62. The summed E-state index contributed by atoms with van der Waals surface area (Å²) < 4.78 is 16.5. The van der Waals surface area contributed by atoms with E-state index in [4.69, 9.17) is 12.6 Å². The van der Waals surface area contributed by atoms with Gasteiger partial charge in [-0.05, 0) is 19.4 Å². The van der Waals surface area contributed by atoms with Crippen LogP contribution in [0.5, 0.6) is 5.88 Å². The van der Waals surface area contributed by atoms with Gasteiger partial charge in [-0.3, -0.25) is 0 Å². The standard InChI is InChI=1S/C8H11BNO2P/c1-13(2,11)6-12-8-4-3-7(9)5-10-8/h3-5H,6H2,1-2H3. The maximum Gasteiger partial charge on any atom is 0.213 e. The van der Waals surface area contributed by atoms with Crippen molar-refractivity contribution in [2.75, 3.05) is 19.7 Å². The number of aromatic nitrogens is 1. The van der Waals surface area contributed by atoms with E-state index in [0.29, 0.717) is 11.3 Å². The van der Waals surface area contributed by atoms with Gasteiger partial charge in [-0.25, -0.2) is 4.98 Å². The number of hydrogen-bond donors (Lipinski definition) is 0. The number of rotatable bonds is 3. The molecule has 0 fully saturated rings. The fourth-order valence-electron chi connectivity index (χ4n) is 0.699. The van der Waals surface area contributed by atoms with E-state index in [2.05, 4.69) is 4.98 Å². The average Bonchev–Trinajstić information content (AvgIpc) is 2.02. The van der Waals surface area contributed by atoms with Crippen molar-refractivity contribution in [1.82, 2.24) is 4.98 Å². The van der Waals surface area contributed by atoms with Gasteiger partial charge >= 0.3 is 0 Å². The predicted molar refractivity (Wildman–Crippen MR) is 54.6 cm³/mol. The first kappa shape index (κ1) is 10.3.